The topological polar surface area (TPSA) is 52.6 Å². The van der Waals surface area contributed by atoms with E-state index in [1.807, 2.05) is 0 Å². The number of nitrogens with zero attached hydrogens (tertiary/aromatic N) is 1. The second-order valence-electron chi connectivity index (χ2n) is 5.02. The van der Waals surface area contributed by atoms with Gasteiger partial charge >= 0.3 is 6.03 Å². The largest absolute Gasteiger partial charge is 0.394 e. The maximum atomic E-state index is 12.0. The van der Waals surface area contributed by atoms with Gasteiger partial charge in [0.25, 0.3) is 0 Å². The predicted molar refractivity (Wildman–Crippen MR) is 68.9 cm³/mol. The molecule has 1 rings (SSSR count). The molecule has 4 nitrogen and oxygen atoms in total. The molecular formula is C13H26N2O2. The van der Waals surface area contributed by atoms with Crippen LogP contribution in [0.3, 0.4) is 0 Å². The van der Waals surface area contributed by atoms with Gasteiger partial charge in [-0.25, -0.2) is 4.79 Å². The number of aliphatic hydroxyl groups excluding tert-OH is 1. The van der Waals surface area contributed by atoms with Crippen molar-refractivity contribution in [3.05, 3.63) is 0 Å². The minimum atomic E-state index is -0.00875. The molecule has 0 aromatic carbocycles. The van der Waals surface area contributed by atoms with Crippen LogP contribution in [0.15, 0.2) is 0 Å². The first-order valence-corrected chi connectivity index (χ1v) is 6.87. The lowest BCUT2D eigenvalue weighted by molar-refractivity contribution is 0.154. The fourth-order valence-electron chi connectivity index (χ4n) is 2.36. The quantitative estimate of drug-likeness (QED) is 0.701. The van der Waals surface area contributed by atoms with Crippen molar-refractivity contribution in [1.82, 2.24) is 10.2 Å². The molecule has 2 amide bonds. The van der Waals surface area contributed by atoms with E-state index in [9.17, 15) is 9.90 Å². The minimum Gasteiger partial charge on any atom is -0.394 e. The summed E-state index contributed by atoms with van der Waals surface area (Å²) in [5, 5.41) is 12.2. The van der Waals surface area contributed by atoms with Gasteiger partial charge in [0, 0.05) is 12.6 Å². The number of amides is 2. The van der Waals surface area contributed by atoms with Crippen LogP contribution >= 0.6 is 0 Å². The van der Waals surface area contributed by atoms with Crippen LogP contribution in [0.25, 0.3) is 0 Å². The Bertz CT molecular complexity index is 233. The van der Waals surface area contributed by atoms with Crippen molar-refractivity contribution >= 4 is 6.03 Å². The maximum absolute atomic E-state index is 12.0. The molecule has 0 radical (unpaired) electrons. The molecule has 1 fully saturated rings. The number of rotatable bonds is 6. The van der Waals surface area contributed by atoms with Gasteiger partial charge in [0.05, 0.1) is 12.6 Å². The third-order valence-electron chi connectivity index (χ3n) is 3.46. The number of carbonyl (C=O) groups is 1. The Morgan fingerprint density at radius 3 is 2.94 bits per heavy atom. The molecule has 0 aromatic rings. The van der Waals surface area contributed by atoms with Gasteiger partial charge in [-0.2, -0.15) is 0 Å². The van der Waals surface area contributed by atoms with E-state index in [0.717, 1.165) is 25.8 Å². The standard InChI is InChI=1S/C13H26N2O2/c1-3-4-5-7-11(2)14-13(17)15-9-6-8-12(15)10-16/h11-12,16H,3-10H2,1-2H3,(H,14,17). The summed E-state index contributed by atoms with van der Waals surface area (Å²) in [6.07, 6.45) is 6.57. The van der Waals surface area contributed by atoms with Crippen molar-refractivity contribution in [2.24, 2.45) is 0 Å². The Morgan fingerprint density at radius 2 is 2.29 bits per heavy atom. The van der Waals surface area contributed by atoms with Crippen LogP contribution in [-0.4, -0.2) is 41.3 Å². The van der Waals surface area contributed by atoms with Gasteiger partial charge in [0.2, 0.25) is 0 Å². The summed E-state index contributed by atoms with van der Waals surface area (Å²) in [6, 6.07) is 0.248. The molecule has 0 aromatic heterocycles. The van der Waals surface area contributed by atoms with E-state index < -0.39 is 0 Å². The Hall–Kier alpha value is -0.770. The zero-order valence-electron chi connectivity index (χ0n) is 11.1. The van der Waals surface area contributed by atoms with Crippen LogP contribution < -0.4 is 5.32 Å². The highest BCUT2D eigenvalue weighted by atomic mass is 16.3. The number of likely N-dealkylation sites (tertiary alicyclic amines) is 1. The Balaban J connectivity index is 2.27. The van der Waals surface area contributed by atoms with E-state index in [-0.39, 0.29) is 24.7 Å². The Morgan fingerprint density at radius 1 is 1.53 bits per heavy atom. The number of hydrogen-bond acceptors (Lipinski definition) is 2. The lowest BCUT2D eigenvalue weighted by Gasteiger charge is -2.25. The summed E-state index contributed by atoms with van der Waals surface area (Å²) in [5.74, 6) is 0. The van der Waals surface area contributed by atoms with Crippen molar-refractivity contribution in [2.45, 2.75) is 64.5 Å². The lowest BCUT2D eigenvalue weighted by atomic mass is 10.1. The summed E-state index contributed by atoms with van der Waals surface area (Å²) >= 11 is 0. The number of aliphatic hydroxyl groups is 1. The molecule has 4 heteroatoms. The van der Waals surface area contributed by atoms with Crippen molar-refractivity contribution in [3.63, 3.8) is 0 Å². The number of carbonyl (C=O) groups excluding carboxylic acids is 1. The molecule has 0 spiro atoms. The number of nitrogens with one attached hydrogen (secondary N) is 1. The molecule has 0 saturated carbocycles. The first-order chi connectivity index (χ1) is 8.19. The fourth-order valence-corrected chi connectivity index (χ4v) is 2.36. The second-order valence-corrected chi connectivity index (χ2v) is 5.02. The van der Waals surface area contributed by atoms with E-state index >= 15 is 0 Å². The van der Waals surface area contributed by atoms with E-state index in [1.165, 1.54) is 19.3 Å². The monoisotopic (exact) mass is 242 g/mol. The van der Waals surface area contributed by atoms with Gasteiger partial charge in [-0.05, 0) is 26.2 Å². The number of hydrogen-bond donors (Lipinski definition) is 2. The van der Waals surface area contributed by atoms with Gasteiger partial charge in [-0.3, -0.25) is 0 Å². The first-order valence-electron chi connectivity index (χ1n) is 6.87. The van der Waals surface area contributed by atoms with Crippen LogP contribution in [0.4, 0.5) is 4.79 Å². The molecule has 2 unspecified atom stereocenters. The number of unbranched alkanes of at least 4 members (excludes halogenated alkanes) is 2. The molecule has 0 bridgehead atoms. The summed E-state index contributed by atoms with van der Waals surface area (Å²) in [7, 11) is 0. The molecule has 1 saturated heterocycles. The fraction of sp³-hybridized carbons (Fsp3) is 0.923. The van der Waals surface area contributed by atoms with Crippen molar-refractivity contribution in [1.29, 1.82) is 0 Å². The van der Waals surface area contributed by atoms with Crippen LogP contribution in [0.1, 0.15) is 52.4 Å². The zero-order chi connectivity index (χ0) is 12.7. The minimum absolute atomic E-state index is 0.00875. The zero-order valence-corrected chi connectivity index (χ0v) is 11.1. The molecule has 1 aliphatic heterocycles. The third-order valence-corrected chi connectivity index (χ3v) is 3.46. The third kappa shape index (κ3) is 4.54. The molecule has 17 heavy (non-hydrogen) atoms. The summed E-state index contributed by atoms with van der Waals surface area (Å²) < 4.78 is 0. The maximum Gasteiger partial charge on any atom is 0.317 e. The van der Waals surface area contributed by atoms with Crippen LogP contribution in [0.5, 0.6) is 0 Å². The lowest BCUT2D eigenvalue weighted by Crippen LogP contribution is -2.47. The van der Waals surface area contributed by atoms with Gasteiger partial charge in [-0.1, -0.05) is 26.2 Å². The molecular weight excluding hydrogens is 216 g/mol. The van der Waals surface area contributed by atoms with E-state index in [2.05, 4.69) is 19.2 Å². The van der Waals surface area contributed by atoms with E-state index in [1.54, 1.807) is 4.90 Å². The van der Waals surface area contributed by atoms with Gasteiger partial charge in [0.15, 0.2) is 0 Å². The van der Waals surface area contributed by atoms with Crippen LogP contribution in [-0.2, 0) is 0 Å². The molecule has 100 valence electrons. The average Bonchev–Trinajstić information content (AvgIpc) is 2.77. The van der Waals surface area contributed by atoms with Gasteiger partial charge in [-0.15, -0.1) is 0 Å². The van der Waals surface area contributed by atoms with E-state index in [4.69, 9.17) is 0 Å². The van der Waals surface area contributed by atoms with E-state index in [0.29, 0.717) is 0 Å². The Kier molecular flexibility index (Phi) is 6.34. The SMILES string of the molecule is CCCCCC(C)NC(=O)N1CCCC1CO. The number of urea groups is 1. The molecule has 1 aliphatic rings. The summed E-state index contributed by atoms with van der Waals surface area (Å²) in [5.41, 5.74) is 0. The normalized spacial score (nSPS) is 21.6. The van der Waals surface area contributed by atoms with Crippen molar-refractivity contribution < 1.29 is 9.90 Å². The van der Waals surface area contributed by atoms with Gasteiger partial charge < -0.3 is 15.3 Å². The second kappa shape index (κ2) is 7.54. The predicted octanol–water partition coefficient (Wildman–Crippen LogP) is 2.12. The molecule has 1 heterocycles. The summed E-state index contributed by atoms with van der Waals surface area (Å²) in [6.45, 7) is 5.09. The van der Waals surface area contributed by atoms with Crippen molar-refractivity contribution in [3.8, 4) is 0 Å². The van der Waals surface area contributed by atoms with Gasteiger partial charge in [0.1, 0.15) is 0 Å². The molecule has 0 aliphatic carbocycles. The molecule has 2 N–H and O–H groups in total. The highest BCUT2D eigenvalue weighted by Gasteiger charge is 2.28. The van der Waals surface area contributed by atoms with Crippen LogP contribution in [0.2, 0.25) is 0 Å². The first kappa shape index (κ1) is 14.3. The van der Waals surface area contributed by atoms with Crippen LogP contribution in [0, 0.1) is 0 Å². The average molecular weight is 242 g/mol. The Labute approximate surface area is 104 Å². The smallest absolute Gasteiger partial charge is 0.317 e. The highest BCUT2D eigenvalue weighted by Crippen LogP contribution is 2.16. The molecule has 2 atom stereocenters. The summed E-state index contributed by atoms with van der Waals surface area (Å²) in [4.78, 5) is 13.7. The highest BCUT2D eigenvalue weighted by molar-refractivity contribution is 5.75. The van der Waals surface area contributed by atoms with Crippen molar-refractivity contribution in [2.75, 3.05) is 13.2 Å².